The van der Waals surface area contributed by atoms with E-state index in [9.17, 15) is 0 Å². The molecule has 6 rings (SSSR count). The number of likely N-dealkylation sites (tertiary alicyclic amines) is 1. The van der Waals surface area contributed by atoms with Crippen molar-refractivity contribution in [2.45, 2.75) is 56.9 Å². The van der Waals surface area contributed by atoms with Gasteiger partial charge in [-0.25, -0.2) is 4.98 Å². The van der Waals surface area contributed by atoms with Crippen molar-refractivity contribution in [3.63, 3.8) is 0 Å². The third-order valence-corrected chi connectivity index (χ3v) is 7.98. The van der Waals surface area contributed by atoms with E-state index in [4.69, 9.17) is 14.5 Å². The molecule has 6 heteroatoms. The fourth-order valence-corrected chi connectivity index (χ4v) is 6.16. The molecular formula is C26H34N4O2. The number of anilines is 1. The zero-order valence-electron chi connectivity index (χ0n) is 19.2. The molecular weight excluding hydrogens is 400 g/mol. The van der Waals surface area contributed by atoms with Crippen LogP contribution in [0.2, 0.25) is 0 Å². The highest BCUT2D eigenvalue weighted by molar-refractivity contribution is 6.13. The number of pyridine rings is 1. The zero-order valence-corrected chi connectivity index (χ0v) is 19.2. The Hall–Kier alpha value is -2.47. The maximum absolute atomic E-state index is 6.18. The molecule has 0 bridgehead atoms. The molecule has 3 aliphatic rings. The lowest BCUT2D eigenvalue weighted by atomic mass is 9.75. The van der Waals surface area contributed by atoms with Crippen LogP contribution in [0.5, 0.6) is 11.5 Å². The Morgan fingerprint density at radius 3 is 2.62 bits per heavy atom. The summed E-state index contributed by atoms with van der Waals surface area (Å²) in [6.07, 6.45) is 12.2. The Morgan fingerprint density at radius 1 is 1.00 bits per heavy atom. The molecule has 4 heterocycles. The van der Waals surface area contributed by atoms with Crippen LogP contribution in [0.3, 0.4) is 0 Å². The molecule has 0 radical (unpaired) electrons. The van der Waals surface area contributed by atoms with Crippen molar-refractivity contribution in [2.24, 2.45) is 0 Å². The normalized spacial score (nSPS) is 20.5. The first-order valence-corrected chi connectivity index (χ1v) is 12.4. The Morgan fingerprint density at radius 2 is 1.84 bits per heavy atom. The predicted octanol–water partition coefficient (Wildman–Crippen LogP) is 5.11. The Bertz CT molecular complexity index is 1110. The molecule has 1 saturated carbocycles. The van der Waals surface area contributed by atoms with Gasteiger partial charge in [0.05, 0.1) is 30.1 Å². The van der Waals surface area contributed by atoms with E-state index in [1.807, 2.05) is 6.20 Å². The van der Waals surface area contributed by atoms with Crippen LogP contribution in [0, 0.1) is 0 Å². The van der Waals surface area contributed by atoms with Crippen LogP contribution >= 0.6 is 0 Å². The number of hydrogen-bond acceptors (Lipinski definition) is 5. The topological polar surface area (TPSA) is 53.6 Å². The van der Waals surface area contributed by atoms with E-state index < -0.39 is 0 Å². The first-order valence-electron chi connectivity index (χ1n) is 12.4. The van der Waals surface area contributed by atoms with Crippen molar-refractivity contribution in [3.05, 3.63) is 24.4 Å². The van der Waals surface area contributed by atoms with Gasteiger partial charge in [0.2, 0.25) is 0 Å². The lowest BCUT2D eigenvalue weighted by Crippen LogP contribution is -2.49. The Kier molecular flexibility index (Phi) is 5.13. The average molecular weight is 435 g/mol. The molecule has 0 unspecified atom stereocenters. The van der Waals surface area contributed by atoms with Crippen LogP contribution < -0.4 is 14.4 Å². The number of fused-ring (bicyclic) bond motifs is 3. The Labute approximate surface area is 189 Å². The second-order valence-corrected chi connectivity index (χ2v) is 9.81. The molecule has 1 aliphatic carbocycles. The van der Waals surface area contributed by atoms with Crippen LogP contribution in [0.25, 0.3) is 21.8 Å². The second kappa shape index (κ2) is 8.14. The molecule has 3 aromatic rings. The molecule has 0 amide bonds. The van der Waals surface area contributed by atoms with E-state index >= 15 is 0 Å². The van der Waals surface area contributed by atoms with Crippen molar-refractivity contribution >= 4 is 27.6 Å². The summed E-state index contributed by atoms with van der Waals surface area (Å²) in [5.41, 5.74) is 2.57. The molecule has 2 aromatic heterocycles. The number of aromatic amines is 1. The van der Waals surface area contributed by atoms with Gasteiger partial charge in [-0.3, -0.25) is 0 Å². The van der Waals surface area contributed by atoms with E-state index in [0.29, 0.717) is 12.1 Å². The zero-order chi connectivity index (χ0) is 21.5. The molecule has 0 atom stereocenters. The van der Waals surface area contributed by atoms with Crippen LogP contribution in [0.1, 0.15) is 51.4 Å². The van der Waals surface area contributed by atoms with E-state index in [-0.39, 0.29) is 0 Å². The summed E-state index contributed by atoms with van der Waals surface area (Å²) in [7, 11) is 1.73. The van der Waals surface area contributed by atoms with Crippen molar-refractivity contribution in [1.29, 1.82) is 0 Å². The summed E-state index contributed by atoms with van der Waals surface area (Å²) in [6, 6.07) is 6.33. The van der Waals surface area contributed by atoms with Gasteiger partial charge >= 0.3 is 0 Å². The van der Waals surface area contributed by atoms with Crippen molar-refractivity contribution in [2.75, 3.05) is 44.8 Å². The first-order chi connectivity index (χ1) is 15.8. The van der Waals surface area contributed by atoms with Gasteiger partial charge in [0.25, 0.3) is 0 Å². The summed E-state index contributed by atoms with van der Waals surface area (Å²) in [6.45, 7) is 5.40. The summed E-state index contributed by atoms with van der Waals surface area (Å²) in [4.78, 5) is 13.6. The monoisotopic (exact) mass is 434 g/mol. The molecule has 3 fully saturated rings. The number of nitrogens with zero attached hydrogens (tertiary/aromatic N) is 3. The van der Waals surface area contributed by atoms with Gasteiger partial charge in [-0.05, 0) is 76.6 Å². The molecule has 32 heavy (non-hydrogen) atoms. The van der Waals surface area contributed by atoms with Crippen LogP contribution in [0.4, 0.5) is 5.82 Å². The van der Waals surface area contributed by atoms with Crippen LogP contribution in [-0.2, 0) is 0 Å². The largest absolute Gasteiger partial charge is 0.493 e. The van der Waals surface area contributed by atoms with E-state index in [2.05, 4.69) is 33.0 Å². The average Bonchev–Trinajstić information content (AvgIpc) is 3.53. The number of rotatable bonds is 7. The highest BCUT2D eigenvalue weighted by Crippen LogP contribution is 2.49. The number of H-pyrrole nitrogens is 1. The number of hydrogen-bond donors (Lipinski definition) is 1. The highest BCUT2D eigenvalue weighted by Gasteiger charge is 2.46. The van der Waals surface area contributed by atoms with Crippen molar-refractivity contribution in [3.8, 4) is 11.5 Å². The minimum atomic E-state index is 0.341. The number of ether oxygens (including phenoxy) is 2. The summed E-state index contributed by atoms with van der Waals surface area (Å²) >= 11 is 0. The van der Waals surface area contributed by atoms with E-state index in [1.165, 1.54) is 68.8 Å². The fourth-order valence-electron chi connectivity index (χ4n) is 6.16. The highest BCUT2D eigenvalue weighted by atomic mass is 16.5. The molecule has 1 N–H and O–H groups in total. The minimum Gasteiger partial charge on any atom is -0.493 e. The quantitative estimate of drug-likeness (QED) is 0.524. The van der Waals surface area contributed by atoms with Gasteiger partial charge in [-0.15, -0.1) is 0 Å². The third kappa shape index (κ3) is 3.31. The fraction of sp³-hybridized carbons (Fsp3) is 0.577. The van der Waals surface area contributed by atoms with Crippen molar-refractivity contribution in [1.82, 2.24) is 14.9 Å². The summed E-state index contributed by atoms with van der Waals surface area (Å²) < 4.78 is 11.9. The molecule has 1 spiro atoms. The maximum Gasteiger partial charge on any atom is 0.163 e. The Balaban J connectivity index is 1.31. The predicted molar refractivity (Wildman–Crippen MR) is 129 cm³/mol. The first kappa shape index (κ1) is 20.2. The lowest BCUT2D eigenvalue weighted by molar-refractivity contribution is 0.250. The number of aromatic nitrogens is 2. The maximum atomic E-state index is 6.18. The lowest BCUT2D eigenvalue weighted by Gasteiger charge is -2.46. The molecule has 2 aliphatic heterocycles. The van der Waals surface area contributed by atoms with Gasteiger partial charge < -0.3 is 24.3 Å². The summed E-state index contributed by atoms with van der Waals surface area (Å²) in [5, 5.41) is 2.39. The van der Waals surface area contributed by atoms with Gasteiger partial charge in [0, 0.05) is 36.3 Å². The number of benzene rings is 1. The van der Waals surface area contributed by atoms with E-state index in [0.717, 1.165) is 47.9 Å². The van der Waals surface area contributed by atoms with Gasteiger partial charge in [0.15, 0.2) is 11.5 Å². The second-order valence-electron chi connectivity index (χ2n) is 9.81. The van der Waals surface area contributed by atoms with Gasteiger partial charge in [0.1, 0.15) is 5.82 Å². The molecule has 170 valence electrons. The molecule has 2 saturated heterocycles. The smallest absolute Gasteiger partial charge is 0.163 e. The standard InChI is InChI=1S/C26H34N4O2/c1-31-22-17-19-21(18-23(22)32-16-6-14-29-12-2-3-13-29)28-20-7-11-27-25(24(19)20)30-15-5-10-26(30)8-4-9-26/h7,11,17-18,28H,2-6,8-10,12-16H2,1H3. The van der Waals surface area contributed by atoms with Crippen LogP contribution in [0.15, 0.2) is 24.4 Å². The third-order valence-electron chi connectivity index (χ3n) is 7.98. The number of methoxy groups -OCH3 is 1. The van der Waals surface area contributed by atoms with Crippen molar-refractivity contribution < 1.29 is 9.47 Å². The SMILES string of the molecule is COc1cc2c(cc1OCCCN1CCCC1)[nH]c1ccnc(N3CCCC34CCC4)c12. The molecule has 6 nitrogen and oxygen atoms in total. The number of nitrogens with one attached hydrogen (secondary N) is 1. The minimum absolute atomic E-state index is 0.341. The molecule has 1 aromatic carbocycles. The van der Waals surface area contributed by atoms with Gasteiger partial charge in [-0.1, -0.05) is 0 Å². The van der Waals surface area contributed by atoms with Crippen LogP contribution in [-0.4, -0.2) is 60.3 Å². The summed E-state index contributed by atoms with van der Waals surface area (Å²) in [5.74, 6) is 2.75. The van der Waals surface area contributed by atoms with E-state index in [1.54, 1.807) is 7.11 Å². The van der Waals surface area contributed by atoms with Gasteiger partial charge in [-0.2, -0.15) is 0 Å².